The van der Waals surface area contributed by atoms with Crippen LogP contribution in [0.15, 0.2) is 97.1 Å². The molecule has 2 N–H and O–H groups in total. The van der Waals surface area contributed by atoms with Gasteiger partial charge in [0.1, 0.15) is 29.1 Å². The lowest BCUT2D eigenvalue weighted by Crippen LogP contribution is -2.60. The molecule has 0 aliphatic carbocycles. The predicted molar refractivity (Wildman–Crippen MR) is 135 cm³/mol. The maximum atomic E-state index is 14.4. The summed E-state index contributed by atoms with van der Waals surface area (Å²) in [4.78, 5) is 14.4. The largest absolute Gasteiger partial charge is 0.302 e. The SMILES string of the molecule is O=C1C2[C@@H](c3ccc(F)cc3)N[C@@H](c3ccc(F)cc3)C1[C@@H](c1ccc(F)cc1)N[C@H]2c1ccc(F)cc1. The smallest absolute Gasteiger partial charge is 0.146 e. The van der Waals surface area contributed by atoms with Crippen LogP contribution >= 0.6 is 0 Å². The fourth-order valence-electron chi connectivity index (χ4n) is 5.96. The Morgan fingerprint density at radius 1 is 0.395 bits per heavy atom. The third kappa shape index (κ3) is 4.42. The summed E-state index contributed by atoms with van der Waals surface area (Å²) in [5.74, 6) is -2.81. The van der Waals surface area contributed by atoms with Crippen molar-refractivity contribution in [3.05, 3.63) is 143 Å². The van der Waals surface area contributed by atoms with Crippen LogP contribution in [0.5, 0.6) is 0 Å². The summed E-state index contributed by atoms with van der Waals surface area (Å²) in [5, 5.41) is 7.25. The molecule has 0 saturated carbocycles. The zero-order valence-corrected chi connectivity index (χ0v) is 20.1. The maximum absolute atomic E-state index is 14.4. The molecule has 2 bridgehead atoms. The van der Waals surface area contributed by atoms with Gasteiger partial charge in [0.05, 0.1) is 11.8 Å². The van der Waals surface area contributed by atoms with E-state index in [0.717, 1.165) is 22.3 Å². The second kappa shape index (κ2) is 9.82. The van der Waals surface area contributed by atoms with E-state index in [2.05, 4.69) is 10.6 Å². The zero-order valence-electron chi connectivity index (χ0n) is 20.1. The molecule has 192 valence electrons. The third-order valence-corrected chi connectivity index (χ3v) is 7.73. The molecule has 2 aliphatic rings. The lowest BCUT2D eigenvalue weighted by molar-refractivity contribution is -0.139. The molecule has 2 unspecified atom stereocenters. The van der Waals surface area contributed by atoms with Crippen molar-refractivity contribution in [2.75, 3.05) is 0 Å². The van der Waals surface area contributed by atoms with Crippen molar-refractivity contribution in [1.29, 1.82) is 0 Å². The Morgan fingerprint density at radius 3 is 0.816 bits per heavy atom. The van der Waals surface area contributed by atoms with Crippen LogP contribution in [0.3, 0.4) is 0 Å². The van der Waals surface area contributed by atoms with Gasteiger partial charge >= 0.3 is 0 Å². The van der Waals surface area contributed by atoms with Crippen molar-refractivity contribution in [1.82, 2.24) is 10.6 Å². The lowest BCUT2D eigenvalue weighted by Gasteiger charge is -2.52. The first-order valence-electron chi connectivity index (χ1n) is 12.5. The van der Waals surface area contributed by atoms with Gasteiger partial charge in [0, 0.05) is 24.2 Å². The van der Waals surface area contributed by atoms with Crippen molar-refractivity contribution >= 4 is 5.78 Å². The van der Waals surface area contributed by atoms with Crippen LogP contribution < -0.4 is 10.6 Å². The van der Waals surface area contributed by atoms with Gasteiger partial charge in [-0.3, -0.25) is 4.79 Å². The van der Waals surface area contributed by atoms with Gasteiger partial charge in [0.15, 0.2) is 0 Å². The Labute approximate surface area is 217 Å². The molecule has 0 aromatic heterocycles. The van der Waals surface area contributed by atoms with Crippen molar-refractivity contribution < 1.29 is 22.4 Å². The quantitative estimate of drug-likeness (QED) is 0.304. The van der Waals surface area contributed by atoms with E-state index in [-0.39, 0.29) is 5.78 Å². The van der Waals surface area contributed by atoms with Crippen LogP contribution in [0.1, 0.15) is 46.4 Å². The van der Waals surface area contributed by atoms with E-state index in [0.29, 0.717) is 0 Å². The number of nitrogens with one attached hydrogen (secondary N) is 2. The molecule has 0 radical (unpaired) electrons. The molecule has 38 heavy (non-hydrogen) atoms. The van der Waals surface area contributed by atoms with E-state index in [1.807, 2.05) is 0 Å². The number of fused-ring (bicyclic) bond motifs is 2. The molecule has 2 heterocycles. The van der Waals surface area contributed by atoms with Gasteiger partial charge < -0.3 is 10.6 Å². The Balaban J connectivity index is 1.51. The monoisotopic (exact) mass is 516 g/mol. The van der Waals surface area contributed by atoms with Crippen LogP contribution in [0.4, 0.5) is 17.6 Å². The third-order valence-electron chi connectivity index (χ3n) is 7.73. The number of rotatable bonds is 4. The first-order valence-corrected chi connectivity index (χ1v) is 12.5. The zero-order chi connectivity index (χ0) is 26.4. The van der Waals surface area contributed by atoms with Gasteiger partial charge in [-0.05, 0) is 70.8 Å². The van der Waals surface area contributed by atoms with E-state index in [9.17, 15) is 22.4 Å². The van der Waals surface area contributed by atoms with Crippen LogP contribution in [-0.2, 0) is 4.79 Å². The molecule has 2 saturated heterocycles. The number of ketones is 1. The second-order valence-corrected chi connectivity index (χ2v) is 9.90. The predicted octanol–water partition coefficient (Wildman–Crippen LogP) is 6.52. The molecular formula is C31H24F4N2O. The van der Waals surface area contributed by atoms with Crippen LogP contribution in [0.25, 0.3) is 0 Å². The molecule has 2 aliphatic heterocycles. The first kappa shape index (κ1) is 24.5. The van der Waals surface area contributed by atoms with Crippen molar-refractivity contribution in [3.63, 3.8) is 0 Å². The molecule has 4 aromatic carbocycles. The normalized spacial score (nSPS) is 26.8. The minimum Gasteiger partial charge on any atom is -0.302 e. The van der Waals surface area contributed by atoms with Crippen LogP contribution in [0.2, 0.25) is 0 Å². The maximum Gasteiger partial charge on any atom is 0.146 e. The number of Topliss-reactive ketones (excluding diaryl/α,β-unsaturated/α-hetero) is 1. The van der Waals surface area contributed by atoms with Crippen molar-refractivity contribution in [3.8, 4) is 0 Å². The highest BCUT2D eigenvalue weighted by Crippen LogP contribution is 2.52. The Kier molecular flexibility index (Phi) is 6.33. The van der Waals surface area contributed by atoms with Gasteiger partial charge in [-0.2, -0.15) is 0 Å². The van der Waals surface area contributed by atoms with Gasteiger partial charge in [-0.1, -0.05) is 48.5 Å². The van der Waals surface area contributed by atoms with Gasteiger partial charge in [0.25, 0.3) is 0 Å². The summed E-state index contributed by atoms with van der Waals surface area (Å²) in [6, 6.07) is 22.0. The fourth-order valence-corrected chi connectivity index (χ4v) is 5.96. The summed E-state index contributed by atoms with van der Waals surface area (Å²) in [6.07, 6.45) is 0. The summed E-state index contributed by atoms with van der Waals surface area (Å²) in [6.45, 7) is 0. The van der Waals surface area contributed by atoms with E-state index in [1.54, 1.807) is 48.5 Å². The molecule has 7 heteroatoms. The number of halogens is 4. The topological polar surface area (TPSA) is 41.1 Å². The average molecular weight is 517 g/mol. The Hall–Kier alpha value is -3.81. The van der Waals surface area contributed by atoms with E-state index in [4.69, 9.17) is 0 Å². The molecule has 4 aromatic rings. The van der Waals surface area contributed by atoms with E-state index >= 15 is 0 Å². The summed E-state index contributed by atoms with van der Waals surface area (Å²) in [7, 11) is 0. The Morgan fingerprint density at radius 2 is 0.605 bits per heavy atom. The molecule has 6 atom stereocenters. The molecular weight excluding hydrogens is 492 g/mol. The Bertz CT molecular complexity index is 1230. The summed E-state index contributed by atoms with van der Waals surface area (Å²) < 4.78 is 55.2. The standard InChI is InChI=1S/C31H24F4N2O/c32-21-9-1-17(2-10-21)27-25-28(18-3-11-22(33)12-4-18)37-30(20-7-15-24(35)16-8-20)26(31(25)38)29(36-27)19-5-13-23(34)14-6-19/h1-16,25-30,36-37H/t25?,26?,27-,28+,29+,30-. The molecule has 0 amide bonds. The highest BCUT2D eigenvalue weighted by atomic mass is 19.1. The minimum atomic E-state index is -0.607. The van der Waals surface area contributed by atoms with Crippen molar-refractivity contribution in [2.24, 2.45) is 11.8 Å². The number of hydrogen-bond donors (Lipinski definition) is 2. The summed E-state index contributed by atoms with van der Waals surface area (Å²) in [5.41, 5.74) is 2.91. The molecule has 3 nitrogen and oxygen atoms in total. The number of benzene rings is 4. The number of hydrogen-bond acceptors (Lipinski definition) is 3. The highest BCUT2D eigenvalue weighted by molar-refractivity contribution is 5.89. The fraction of sp³-hybridized carbons (Fsp3) is 0.194. The van der Waals surface area contributed by atoms with Gasteiger partial charge in [-0.25, -0.2) is 17.6 Å². The van der Waals surface area contributed by atoms with Crippen LogP contribution in [-0.4, -0.2) is 5.78 Å². The number of carbonyl (C=O) groups is 1. The minimum absolute atomic E-state index is 0.0326. The number of carbonyl (C=O) groups excluding carboxylic acids is 1. The van der Waals surface area contributed by atoms with Crippen LogP contribution in [0, 0.1) is 35.1 Å². The first-order chi connectivity index (χ1) is 18.4. The molecule has 2 fully saturated rings. The van der Waals surface area contributed by atoms with Crippen molar-refractivity contribution in [2.45, 2.75) is 24.2 Å². The van der Waals surface area contributed by atoms with Gasteiger partial charge in [-0.15, -0.1) is 0 Å². The average Bonchev–Trinajstić information content (AvgIpc) is 2.91. The van der Waals surface area contributed by atoms with E-state index in [1.165, 1.54) is 48.5 Å². The highest BCUT2D eigenvalue weighted by Gasteiger charge is 2.55. The molecule has 0 spiro atoms. The number of piperidine rings is 2. The summed E-state index contributed by atoms with van der Waals surface area (Å²) >= 11 is 0. The second-order valence-electron chi connectivity index (χ2n) is 9.90. The van der Waals surface area contributed by atoms with Gasteiger partial charge in [0.2, 0.25) is 0 Å². The molecule has 6 rings (SSSR count). The van der Waals surface area contributed by atoms with E-state index < -0.39 is 59.3 Å². The lowest BCUT2D eigenvalue weighted by atomic mass is 9.64.